The molecule has 6 rings (SSSR count). The van der Waals surface area contributed by atoms with Crippen LogP contribution in [-0.4, -0.2) is 40.5 Å². The highest BCUT2D eigenvalue weighted by Crippen LogP contribution is 2.56. The van der Waals surface area contributed by atoms with Crippen molar-refractivity contribution in [3.8, 4) is 11.4 Å². The molecule has 1 atom stereocenters. The van der Waals surface area contributed by atoms with Gasteiger partial charge in [0.2, 0.25) is 0 Å². The van der Waals surface area contributed by atoms with Crippen LogP contribution in [0.5, 0.6) is 5.75 Å². The smallest absolute Gasteiger partial charge is 0.172 e. The van der Waals surface area contributed by atoms with Gasteiger partial charge in [0.15, 0.2) is 5.84 Å². The number of fused-ring (bicyclic) bond motifs is 1. The van der Waals surface area contributed by atoms with Gasteiger partial charge in [-0.05, 0) is 73.1 Å². The Morgan fingerprint density at radius 1 is 1.27 bits per heavy atom. The first kappa shape index (κ1) is 20.8. The monoisotopic (exact) mass is 480 g/mol. The normalized spacial score (nSPS) is 22.2. The van der Waals surface area contributed by atoms with Crippen molar-refractivity contribution in [2.24, 2.45) is 10.6 Å². The summed E-state index contributed by atoms with van der Waals surface area (Å²) in [5, 5.41) is 4.52. The molecule has 1 unspecified atom stereocenters. The van der Waals surface area contributed by atoms with Gasteiger partial charge in [0.1, 0.15) is 18.4 Å². The Labute approximate surface area is 202 Å². The van der Waals surface area contributed by atoms with E-state index < -0.39 is 0 Å². The van der Waals surface area contributed by atoms with Crippen molar-refractivity contribution in [1.29, 1.82) is 0 Å². The van der Waals surface area contributed by atoms with Gasteiger partial charge in [-0.25, -0.2) is 4.98 Å². The number of methoxy groups -OCH3 is 1. The highest BCUT2D eigenvalue weighted by molar-refractivity contribution is 7.16. The number of oxime groups is 1. The first-order chi connectivity index (χ1) is 16.0. The summed E-state index contributed by atoms with van der Waals surface area (Å²) in [4.78, 5) is 13.7. The molecule has 0 radical (unpaired) electrons. The van der Waals surface area contributed by atoms with Crippen LogP contribution in [0.2, 0.25) is 4.34 Å². The van der Waals surface area contributed by atoms with Gasteiger partial charge in [0.25, 0.3) is 0 Å². The van der Waals surface area contributed by atoms with Crippen molar-refractivity contribution in [2.45, 2.75) is 32.2 Å². The molecule has 3 aromatic rings. The van der Waals surface area contributed by atoms with Crippen LogP contribution in [0, 0.1) is 12.3 Å². The fourth-order valence-electron chi connectivity index (χ4n) is 4.91. The molecule has 8 heteroatoms. The van der Waals surface area contributed by atoms with E-state index in [0.29, 0.717) is 12.0 Å². The fraction of sp³-hybridized carbons (Fsp3) is 0.360. The summed E-state index contributed by atoms with van der Waals surface area (Å²) in [6.45, 7) is 3.56. The Balaban J connectivity index is 1.36. The van der Waals surface area contributed by atoms with Gasteiger partial charge >= 0.3 is 0 Å². The second-order valence-electron chi connectivity index (χ2n) is 9.20. The molecule has 2 fully saturated rings. The van der Waals surface area contributed by atoms with Crippen LogP contribution >= 0.6 is 22.9 Å². The molecule has 33 heavy (non-hydrogen) atoms. The topological polar surface area (TPSA) is 51.9 Å². The average molecular weight is 481 g/mol. The zero-order chi connectivity index (χ0) is 22.6. The van der Waals surface area contributed by atoms with Crippen LogP contribution in [0.3, 0.4) is 0 Å². The molecule has 0 bridgehead atoms. The minimum atomic E-state index is 0.151. The average Bonchev–Trinajstić information content (AvgIpc) is 3.18. The van der Waals surface area contributed by atoms with Crippen molar-refractivity contribution in [3.05, 3.63) is 68.9 Å². The second-order valence-corrected chi connectivity index (χ2v) is 10.9. The van der Waals surface area contributed by atoms with E-state index in [4.69, 9.17) is 21.2 Å². The first-order valence-corrected chi connectivity index (χ1v) is 12.3. The van der Waals surface area contributed by atoms with Gasteiger partial charge < -0.3 is 19.0 Å². The highest BCUT2D eigenvalue weighted by Gasteiger charge is 2.51. The van der Waals surface area contributed by atoms with Crippen LogP contribution in [0.4, 0.5) is 0 Å². The van der Waals surface area contributed by atoms with E-state index in [2.05, 4.69) is 45.4 Å². The second kappa shape index (κ2) is 7.92. The van der Waals surface area contributed by atoms with Crippen LogP contribution in [-0.2, 0) is 4.84 Å². The van der Waals surface area contributed by atoms with E-state index in [-0.39, 0.29) is 6.04 Å². The number of benzene rings is 1. The minimum absolute atomic E-state index is 0.151. The molecule has 170 valence electrons. The summed E-state index contributed by atoms with van der Waals surface area (Å²) in [7, 11) is 1.71. The lowest BCUT2D eigenvalue weighted by Gasteiger charge is -2.43. The summed E-state index contributed by atoms with van der Waals surface area (Å²) in [6.07, 6.45) is 9.59. The number of ether oxygens (including phenoxy) is 1. The molecule has 1 saturated heterocycles. The summed E-state index contributed by atoms with van der Waals surface area (Å²) in [5.41, 5.74) is 4.60. The lowest BCUT2D eigenvalue weighted by atomic mass is 9.87. The van der Waals surface area contributed by atoms with E-state index in [9.17, 15) is 0 Å². The Morgan fingerprint density at radius 3 is 2.85 bits per heavy atom. The van der Waals surface area contributed by atoms with Crippen LogP contribution in [0.1, 0.15) is 41.4 Å². The summed E-state index contributed by atoms with van der Waals surface area (Å²) < 4.78 is 8.52. The molecule has 1 aliphatic carbocycles. The van der Waals surface area contributed by atoms with Crippen LogP contribution < -0.4 is 4.74 Å². The molecule has 1 aromatic carbocycles. The number of aryl methyl sites for hydroxylation is 1. The number of hydrogen-bond acceptors (Lipinski definition) is 6. The molecular formula is C25H25ClN4O2S. The fourth-order valence-corrected chi connectivity index (χ4v) is 6.07. The Bertz CT molecular complexity index is 1270. The van der Waals surface area contributed by atoms with E-state index in [1.807, 2.05) is 30.1 Å². The lowest BCUT2D eigenvalue weighted by molar-refractivity contribution is 0.0495. The Kier molecular flexibility index (Phi) is 4.99. The van der Waals surface area contributed by atoms with Gasteiger partial charge in [-0.3, -0.25) is 0 Å². The van der Waals surface area contributed by atoms with Gasteiger partial charge in [0.05, 0.1) is 29.2 Å². The molecular weight excluding hydrogens is 456 g/mol. The highest BCUT2D eigenvalue weighted by atomic mass is 35.5. The number of aromatic nitrogens is 2. The third-order valence-corrected chi connectivity index (χ3v) is 8.14. The molecule has 1 spiro atoms. The predicted octanol–water partition coefficient (Wildman–Crippen LogP) is 5.86. The van der Waals surface area contributed by atoms with E-state index in [1.165, 1.54) is 23.3 Å². The Morgan fingerprint density at radius 2 is 2.15 bits per heavy atom. The number of piperidine rings is 1. The lowest BCUT2D eigenvalue weighted by Crippen LogP contribution is -2.47. The summed E-state index contributed by atoms with van der Waals surface area (Å²) in [5.74, 6) is 1.75. The molecule has 2 aliphatic heterocycles. The van der Waals surface area contributed by atoms with Gasteiger partial charge in [-0.15, -0.1) is 11.3 Å². The molecule has 3 aliphatic rings. The van der Waals surface area contributed by atoms with Gasteiger partial charge in [-0.1, -0.05) is 22.8 Å². The molecule has 4 heterocycles. The number of rotatable bonds is 4. The van der Waals surface area contributed by atoms with Crippen molar-refractivity contribution < 1.29 is 9.57 Å². The van der Waals surface area contributed by atoms with Crippen molar-refractivity contribution in [1.82, 2.24) is 14.5 Å². The number of hydrogen-bond donors (Lipinski definition) is 0. The number of imidazole rings is 1. The largest absolute Gasteiger partial charge is 0.495 e. The number of nitrogens with zero attached hydrogens (tertiary/aromatic N) is 4. The first-order valence-electron chi connectivity index (χ1n) is 11.2. The maximum atomic E-state index is 6.25. The Hall–Kier alpha value is -2.77. The molecule has 6 nitrogen and oxygen atoms in total. The minimum Gasteiger partial charge on any atom is -0.495 e. The maximum absolute atomic E-state index is 6.25. The van der Waals surface area contributed by atoms with Crippen molar-refractivity contribution in [3.63, 3.8) is 0 Å². The molecule has 0 amide bonds. The van der Waals surface area contributed by atoms with Crippen LogP contribution in [0.15, 0.2) is 53.6 Å². The third-order valence-electron chi connectivity index (χ3n) is 6.80. The van der Waals surface area contributed by atoms with Gasteiger partial charge in [-0.2, -0.15) is 0 Å². The van der Waals surface area contributed by atoms with Crippen molar-refractivity contribution in [2.75, 3.05) is 20.3 Å². The SMILES string of the molecule is COc1cc(/C=C2\CC3(CC3)CN3C2=NOCC3c2ccc(Cl)s2)ccc1-n1cnc(C)c1. The van der Waals surface area contributed by atoms with E-state index in [0.717, 1.165) is 45.8 Å². The number of thiophene rings is 1. The van der Waals surface area contributed by atoms with Gasteiger partial charge in [0, 0.05) is 17.6 Å². The van der Waals surface area contributed by atoms with Crippen molar-refractivity contribution >= 4 is 34.8 Å². The third kappa shape index (κ3) is 3.83. The summed E-state index contributed by atoms with van der Waals surface area (Å²) in [6, 6.07) is 10.5. The molecule has 2 aromatic heterocycles. The van der Waals surface area contributed by atoms with Crippen LogP contribution in [0.25, 0.3) is 11.8 Å². The van der Waals surface area contributed by atoms with E-state index in [1.54, 1.807) is 18.4 Å². The quantitative estimate of drug-likeness (QED) is 0.469. The standard InChI is InChI=1S/C25H25ClN4O2S/c1-16-12-29(15-27-16)19-4-3-17(10-21(19)31-2)9-18-11-25(7-8-25)14-30-20(13-32-28-24(18)30)22-5-6-23(26)33-22/h3-6,9-10,12,15,20H,7-8,11,13-14H2,1-2H3/b18-9+. The number of amidine groups is 1. The molecule has 0 N–H and O–H groups in total. The van der Waals surface area contributed by atoms with E-state index >= 15 is 0 Å². The zero-order valence-electron chi connectivity index (χ0n) is 18.6. The predicted molar refractivity (Wildman–Crippen MR) is 131 cm³/mol. The maximum Gasteiger partial charge on any atom is 0.172 e. The summed E-state index contributed by atoms with van der Waals surface area (Å²) >= 11 is 7.87. The molecule has 1 saturated carbocycles. The number of halogens is 1. The zero-order valence-corrected chi connectivity index (χ0v) is 20.2.